The van der Waals surface area contributed by atoms with Gasteiger partial charge in [0.25, 0.3) is 0 Å². The highest BCUT2D eigenvalue weighted by Gasteiger charge is 2.13. The summed E-state index contributed by atoms with van der Waals surface area (Å²) >= 11 is 12.0. The van der Waals surface area contributed by atoms with Gasteiger partial charge in [-0.1, -0.05) is 23.2 Å². The lowest BCUT2D eigenvalue weighted by molar-refractivity contribution is 0.421. The number of rotatable bonds is 3. The monoisotopic (exact) mass is 324 g/mol. The molecular weight excluding hydrogens is 307 g/mol. The normalized spacial score (nSPS) is 11.7. The van der Waals surface area contributed by atoms with Crippen LogP contribution in [0.3, 0.4) is 0 Å². The maximum absolute atomic E-state index is 6.18. The van der Waals surface area contributed by atoms with E-state index in [0.29, 0.717) is 28.1 Å². The number of nitrogens with one attached hydrogen (secondary N) is 1. The van der Waals surface area contributed by atoms with E-state index in [-0.39, 0.29) is 5.54 Å². The van der Waals surface area contributed by atoms with Crippen LogP contribution >= 0.6 is 23.2 Å². The van der Waals surface area contributed by atoms with Crippen LogP contribution in [0.25, 0.3) is 11.5 Å². The van der Waals surface area contributed by atoms with E-state index >= 15 is 0 Å². The lowest BCUT2D eigenvalue weighted by Gasteiger charge is -2.20. The molecule has 4 nitrogen and oxygen atoms in total. The highest BCUT2D eigenvalue weighted by molar-refractivity contribution is 6.35. The van der Waals surface area contributed by atoms with E-state index in [1.54, 1.807) is 12.3 Å². The zero-order valence-corrected chi connectivity index (χ0v) is 14.0. The molecule has 112 valence electrons. The van der Waals surface area contributed by atoms with E-state index in [1.807, 2.05) is 13.0 Å². The van der Waals surface area contributed by atoms with Gasteiger partial charge in [0.1, 0.15) is 5.69 Å². The number of pyridine rings is 1. The van der Waals surface area contributed by atoms with Crippen LogP contribution in [-0.4, -0.2) is 20.5 Å². The van der Waals surface area contributed by atoms with Gasteiger partial charge in [-0.05, 0) is 39.8 Å². The maximum atomic E-state index is 6.18. The van der Waals surface area contributed by atoms with Crippen molar-refractivity contribution in [3.63, 3.8) is 0 Å². The average molecular weight is 325 g/mol. The minimum absolute atomic E-state index is 0.0230. The Morgan fingerprint density at radius 2 is 1.86 bits per heavy atom. The lowest BCUT2D eigenvalue weighted by Crippen LogP contribution is -2.35. The van der Waals surface area contributed by atoms with Gasteiger partial charge in [-0.3, -0.25) is 0 Å². The van der Waals surface area contributed by atoms with E-state index in [9.17, 15) is 0 Å². The predicted octanol–water partition coefficient (Wildman–Crippen LogP) is 4.04. The Morgan fingerprint density at radius 3 is 2.48 bits per heavy atom. The molecule has 1 N–H and O–H groups in total. The molecule has 0 fully saturated rings. The van der Waals surface area contributed by atoms with Crippen molar-refractivity contribution >= 4 is 23.2 Å². The van der Waals surface area contributed by atoms with Crippen LogP contribution in [0, 0.1) is 6.92 Å². The lowest BCUT2D eigenvalue weighted by atomic mass is 10.1. The van der Waals surface area contributed by atoms with Crippen LogP contribution in [0.15, 0.2) is 18.3 Å². The van der Waals surface area contributed by atoms with Crippen LogP contribution in [0.5, 0.6) is 0 Å². The molecule has 0 saturated heterocycles. The van der Waals surface area contributed by atoms with Crippen LogP contribution in [0.4, 0.5) is 0 Å². The largest absolute Gasteiger partial charge is 0.306 e. The van der Waals surface area contributed by atoms with E-state index in [2.05, 4.69) is 41.0 Å². The fourth-order valence-electron chi connectivity index (χ4n) is 1.77. The average Bonchev–Trinajstić information content (AvgIpc) is 2.35. The van der Waals surface area contributed by atoms with Gasteiger partial charge in [0.2, 0.25) is 0 Å². The third-order valence-electron chi connectivity index (χ3n) is 2.73. The highest BCUT2D eigenvalue weighted by Crippen LogP contribution is 2.25. The van der Waals surface area contributed by atoms with Crippen molar-refractivity contribution in [2.45, 2.75) is 39.8 Å². The third kappa shape index (κ3) is 4.63. The zero-order valence-electron chi connectivity index (χ0n) is 12.5. The van der Waals surface area contributed by atoms with Crippen molar-refractivity contribution in [1.82, 2.24) is 20.3 Å². The summed E-state index contributed by atoms with van der Waals surface area (Å²) in [7, 11) is 0. The number of aryl methyl sites for hydroxylation is 1. The number of halogens is 2. The molecule has 0 unspecified atom stereocenters. The van der Waals surface area contributed by atoms with Crippen molar-refractivity contribution in [2.24, 2.45) is 0 Å². The van der Waals surface area contributed by atoms with E-state index in [4.69, 9.17) is 23.2 Å². The molecule has 21 heavy (non-hydrogen) atoms. The molecule has 6 heteroatoms. The van der Waals surface area contributed by atoms with E-state index < -0.39 is 0 Å². The molecule has 2 aromatic rings. The SMILES string of the molecule is Cc1cc(CNC(C)(C)C)nc(-c2ncc(Cl)cc2Cl)n1. The summed E-state index contributed by atoms with van der Waals surface area (Å²) in [6, 6.07) is 3.59. The standard InChI is InChI=1S/C15H18Cl2N4/c1-9-5-11(8-19-15(2,3)4)21-14(20-9)13-12(17)6-10(16)7-18-13/h5-7,19H,8H2,1-4H3. The van der Waals surface area contributed by atoms with Gasteiger partial charge in [-0.2, -0.15) is 0 Å². The second-order valence-electron chi connectivity index (χ2n) is 5.91. The van der Waals surface area contributed by atoms with E-state index in [0.717, 1.165) is 11.4 Å². The highest BCUT2D eigenvalue weighted by atomic mass is 35.5. The Kier molecular flexibility index (Phi) is 4.81. The Hall–Kier alpha value is -1.23. The summed E-state index contributed by atoms with van der Waals surface area (Å²) in [6.45, 7) is 8.92. The summed E-state index contributed by atoms with van der Waals surface area (Å²) in [5.41, 5.74) is 2.34. The number of aromatic nitrogens is 3. The smallest absolute Gasteiger partial charge is 0.180 e. The molecule has 0 bridgehead atoms. The van der Waals surface area contributed by atoms with Gasteiger partial charge in [-0.25, -0.2) is 15.0 Å². The molecule has 0 spiro atoms. The summed E-state index contributed by atoms with van der Waals surface area (Å²) in [6.07, 6.45) is 1.54. The minimum atomic E-state index is 0.0230. The van der Waals surface area contributed by atoms with Gasteiger partial charge in [0.15, 0.2) is 5.82 Å². The van der Waals surface area contributed by atoms with Gasteiger partial charge < -0.3 is 5.32 Å². The zero-order chi connectivity index (χ0) is 15.6. The molecule has 2 rings (SSSR count). The molecule has 0 atom stereocenters. The summed E-state index contributed by atoms with van der Waals surface area (Å²) in [5, 5.41) is 4.34. The Labute approximate surface area is 134 Å². The fraction of sp³-hybridized carbons (Fsp3) is 0.400. The third-order valence-corrected chi connectivity index (χ3v) is 3.22. The molecule has 0 amide bonds. The van der Waals surface area contributed by atoms with Crippen LogP contribution in [0.2, 0.25) is 10.0 Å². The second-order valence-corrected chi connectivity index (χ2v) is 6.76. The maximum Gasteiger partial charge on any atom is 0.180 e. The van der Waals surface area contributed by atoms with Crippen molar-refractivity contribution in [3.8, 4) is 11.5 Å². The molecule has 0 aromatic carbocycles. The Bertz CT molecular complexity index is 651. The van der Waals surface area contributed by atoms with Gasteiger partial charge >= 0.3 is 0 Å². The van der Waals surface area contributed by atoms with E-state index in [1.165, 1.54) is 0 Å². The first-order valence-corrected chi connectivity index (χ1v) is 7.41. The molecule has 0 radical (unpaired) electrons. The van der Waals surface area contributed by atoms with Crippen LogP contribution < -0.4 is 5.32 Å². The topological polar surface area (TPSA) is 50.7 Å². The quantitative estimate of drug-likeness (QED) is 0.925. The van der Waals surface area contributed by atoms with Gasteiger partial charge in [0, 0.05) is 24.0 Å². The number of nitrogens with zero attached hydrogens (tertiary/aromatic N) is 3. The van der Waals surface area contributed by atoms with Crippen molar-refractivity contribution < 1.29 is 0 Å². The second kappa shape index (κ2) is 6.26. The van der Waals surface area contributed by atoms with Crippen molar-refractivity contribution in [3.05, 3.63) is 39.8 Å². The minimum Gasteiger partial charge on any atom is -0.306 e. The van der Waals surface area contributed by atoms with Crippen molar-refractivity contribution in [2.75, 3.05) is 0 Å². The Balaban J connectivity index is 2.34. The van der Waals surface area contributed by atoms with Gasteiger partial charge in [-0.15, -0.1) is 0 Å². The number of hydrogen-bond donors (Lipinski definition) is 1. The molecule has 2 heterocycles. The first-order chi connectivity index (χ1) is 9.74. The summed E-state index contributed by atoms with van der Waals surface area (Å²) in [4.78, 5) is 13.2. The first kappa shape index (κ1) is 16.1. The fourth-order valence-corrected chi connectivity index (χ4v) is 2.23. The molecular formula is C15H18Cl2N4. The van der Waals surface area contributed by atoms with Crippen molar-refractivity contribution in [1.29, 1.82) is 0 Å². The van der Waals surface area contributed by atoms with Gasteiger partial charge in [0.05, 0.1) is 15.7 Å². The number of hydrogen-bond acceptors (Lipinski definition) is 4. The molecule has 0 aliphatic carbocycles. The molecule has 0 aliphatic heterocycles. The summed E-state index contributed by atoms with van der Waals surface area (Å²) in [5.74, 6) is 0.516. The molecule has 0 saturated carbocycles. The summed E-state index contributed by atoms with van der Waals surface area (Å²) < 4.78 is 0. The predicted molar refractivity (Wildman–Crippen MR) is 86.6 cm³/mol. The molecule has 2 aromatic heterocycles. The first-order valence-electron chi connectivity index (χ1n) is 6.65. The van der Waals surface area contributed by atoms with Crippen LogP contribution in [0.1, 0.15) is 32.2 Å². The molecule has 0 aliphatic rings. The van der Waals surface area contributed by atoms with Crippen LogP contribution in [-0.2, 0) is 6.54 Å². The Morgan fingerprint density at radius 1 is 1.14 bits per heavy atom.